The van der Waals surface area contributed by atoms with Gasteiger partial charge in [-0.2, -0.15) is 13.2 Å². The molecule has 2 aliphatic heterocycles. The number of amides is 3. The summed E-state index contributed by atoms with van der Waals surface area (Å²) in [6.07, 6.45) is -3.30. The zero-order valence-electron chi connectivity index (χ0n) is 14.6. The molecule has 0 aliphatic carbocycles. The molecule has 1 N–H and O–H groups in total. The molecule has 142 valence electrons. The van der Waals surface area contributed by atoms with Gasteiger partial charge >= 0.3 is 12.2 Å². The highest BCUT2D eigenvalue weighted by Crippen LogP contribution is 2.35. The summed E-state index contributed by atoms with van der Waals surface area (Å²) in [6, 6.07) is 2.82. The highest BCUT2D eigenvalue weighted by Gasteiger charge is 2.37. The first-order valence-electron chi connectivity index (χ1n) is 8.41. The van der Waals surface area contributed by atoms with Crippen molar-refractivity contribution in [2.45, 2.75) is 25.1 Å². The van der Waals surface area contributed by atoms with E-state index in [4.69, 9.17) is 0 Å². The zero-order chi connectivity index (χ0) is 19.1. The molecule has 2 fully saturated rings. The fraction of sp³-hybridized carbons (Fsp3) is 0.529. The molecule has 1 unspecified atom stereocenters. The maximum atomic E-state index is 13.0. The van der Waals surface area contributed by atoms with Crippen LogP contribution in [0, 0.1) is 0 Å². The third-order valence-corrected chi connectivity index (χ3v) is 4.83. The fourth-order valence-corrected chi connectivity index (χ4v) is 3.45. The van der Waals surface area contributed by atoms with Gasteiger partial charge < -0.3 is 20.0 Å². The van der Waals surface area contributed by atoms with Crippen molar-refractivity contribution in [1.82, 2.24) is 9.80 Å². The van der Waals surface area contributed by atoms with Gasteiger partial charge in [-0.3, -0.25) is 4.79 Å². The molecule has 2 heterocycles. The maximum Gasteiger partial charge on any atom is 0.416 e. The molecule has 3 amide bonds. The van der Waals surface area contributed by atoms with E-state index in [-0.39, 0.29) is 17.6 Å². The number of benzene rings is 1. The molecule has 1 atom stereocenters. The smallest absolute Gasteiger partial charge is 0.376 e. The number of nitrogens with one attached hydrogen (secondary N) is 1. The SMILES string of the molecule is CN(C)c1ccc(C(F)(F)F)cc1NC(=O)N1CCN2C(=O)CCC2C1. The Labute approximate surface area is 149 Å². The van der Waals surface area contributed by atoms with Gasteiger partial charge in [-0.25, -0.2) is 4.79 Å². The molecular formula is C17H21F3N4O2. The molecule has 0 radical (unpaired) electrons. The number of hydrogen-bond acceptors (Lipinski definition) is 3. The summed E-state index contributed by atoms with van der Waals surface area (Å²) < 4.78 is 39.0. The summed E-state index contributed by atoms with van der Waals surface area (Å²) in [4.78, 5) is 29.3. The van der Waals surface area contributed by atoms with Crippen LogP contribution in [0.3, 0.4) is 0 Å². The second kappa shape index (κ2) is 6.69. The van der Waals surface area contributed by atoms with Gasteiger partial charge in [0.25, 0.3) is 0 Å². The first-order valence-corrected chi connectivity index (χ1v) is 8.41. The van der Waals surface area contributed by atoms with Crippen molar-refractivity contribution in [2.24, 2.45) is 0 Å². The summed E-state index contributed by atoms with van der Waals surface area (Å²) in [5.74, 6) is 0.0998. The molecule has 1 aromatic rings. The molecule has 1 aromatic carbocycles. The number of halogens is 3. The van der Waals surface area contributed by atoms with Crippen LogP contribution in [0.1, 0.15) is 18.4 Å². The summed E-state index contributed by atoms with van der Waals surface area (Å²) in [6.45, 7) is 1.22. The van der Waals surface area contributed by atoms with E-state index in [1.165, 1.54) is 6.07 Å². The Bertz CT molecular complexity index is 720. The van der Waals surface area contributed by atoms with Gasteiger partial charge in [-0.1, -0.05) is 0 Å². The largest absolute Gasteiger partial charge is 0.416 e. The summed E-state index contributed by atoms with van der Waals surface area (Å²) in [5.41, 5.74) is -0.217. The number of carbonyl (C=O) groups excluding carboxylic acids is 2. The van der Waals surface area contributed by atoms with Crippen LogP contribution >= 0.6 is 0 Å². The Hall–Kier alpha value is -2.45. The monoisotopic (exact) mass is 370 g/mol. The van der Waals surface area contributed by atoms with E-state index in [1.807, 2.05) is 0 Å². The zero-order valence-corrected chi connectivity index (χ0v) is 14.6. The second-order valence-corrected chi connectivity index (χ2v) is 6.78. The Kier molecular flexibility index (Phi) is 4.72. The van der Waals surface area contributed by atoms with E-state index in [2.05, 4.69) is 5.32 Å². The lowest BCUT2D eigenvalue weighted by Crippen LogP contribution is -2.54. The van der Waals surface area contributed by atoms with Crippen LogP contribution in [-0.4, -0.2) is 61.5 Å². The van der Waals surface area contributed by atoms with Crippen molar-refractivity contribution in [2.75, 3.05) is 43.9 Å². The van der Waals surface area contributed by atoms with Crippen LogP contribution in [0.4, 0.5) is 29.3 Å². The summed E-state index contributed by atoms with van der Waals surface area (Å²) >= 11 is 0. The van der Waals surface area contributed by atoms with Gasteiger partial charge in [-0.05, 0) is 24.6 Å². The molecule has 0 spiro atoms. The van der Waals surface area contributed by atoms with Crippen LogP contribution in [-0.2, 0) is 11.0 Å². The van der Waals surface area contributed by atoms with Crippen LogP contribution < -0.4 is 10.2 Å². The maximum absolute atomic E-state index is 13.0. The number of carbonyl (C=O) groups is 2. The number of anilines is 2. The lowest BCUT2D eigenvalue weighted by Gasteiger charge is -2.37. The van der Waals surface area contributed by atoms with Gasteiger partial charge in [-0.15, -0.1) is 0 Å². The average molecular weight is 370 g/mol. The quantitative estimate of drug-likeness (QED) is 0.871. The van der Waals surface area contributed by atoms with Gasteiger partial charge in [0.05, 0.1) is 16.9 Å². The van der Waals surface area contributed by atoms with Gasteiger partial charge in [0, 0.05) is 46.2 Å². The van der Waals surface area contributed by atoms with Crippen LogP contribution in [0.2, 0.25) is 0 Å². The Morgan fingerprint density at radius 2 is 2.00 bits per heavy atom. The van der Waals surface area contributed by atoms with Gasteiger partial charge in [0.15, 0.2) is 0 Å². The molecular weight excluding hydrogens is 349 g/mol. The van der Waals surface area contributed by atoms with Crippen molar-refractivity contribution in [1.29, 1.82) is 0 Å². The number of hydrogen-bond donors (Lipinski definition) is 1. The lowest BCUT2D eigenvalue weighted by atomic mass is 10.1. The Morgan fingerprint density at radius 1 is 1.27 bits per heavy atom. The van der Waals surface area contributed by atoms with E-state index in [1.54, 1.807) is 28.8 Å². The molecule has 0 bridgehead atoms. The molecule has 6 nitrogen and oxygen atoms in total. The first-order chi connectivity index (χ1) is 12.2. The Morgan fingerprint density at radius 3 is 2.65 bits per heavy atom. The van der Waals surface area contributed by atoms with Crippen molar-refractivity contribution < 1.29 is 22.8 Å². The Balaban J connectivity index is 1.77. The van der Waals surface area contributed by atoms with Crippen molar-refractivity contribution in [3.8, 4) is 0 Å². The number of nitrogens with zero attached hydrogens (tertiary/aromatic N) is 3. The highest BCUT2D eigenvalue weighted by atomic mass is 19.4. The fourth-order valence-electron chi connectivity index (χ4n) is 3.45. The standard InChI is InChI=1S/C17H21F3N4O2/c1-22(2)14-5-3-11(17(18,19)20)9-13(14)21-16(26)23-7-8-24-12(10-23)4-6-15(24)25/h3,5,9,12H,4,6-8,10H2,1-2H3,(H,21,26). The number of rotatable bonds is 2. The van der Waals surface area contributed by atoms with E-state index in [0.717, 1.165) is 12.1 Å². The average Bonchev–Trinajstić information content (AvgIpc) is 2.94. The van der Waals surface area contributed by atoms with E-state index >= 15 is 0 Å². The number of alkyl halides is 3. The van der Waals surface area contributed by atoms with Crippen molar-refractivity contribution in [3.63, 3.8) is 0 Å². The molecule has 2 aliphatic rings. The summed E-state index contributed by atoms with van der Waals surface area (Å²) in [7, 11) is 3.39. The topological polar surface area (TPSA) is 55.9 Å². The minimum absolute atomic E-state index is 0.00294. The van der Waals surface area contributed by atoms with Crippen molar-refractivity contribution in [3.05, 3.63) is 23.8 Å². The molecule has 26 heavy (non-hydrogen) atoms. The van der Waals surface area contributed by atoms with Crippen LogP contribution in [0.15, 0.2) is 18.2 Å². The predicted octanol–water partition coefficient (Wildman–Crippen LogP) is 2.61. The number of fused-ring (bicyclic) bond motifs is 1. The van der Waals surface area contributed by atoms with E-state index in [0.29, 0.717) is 38.2 Å². The minimum atomic E-state index is -4.49. The second-order valence-electron chi connectivity index (χ2n) is 6.78. The van der Waals surface area contributed by atoms with Crippen molar-refractivity contribution >= 4 is 23.3 Å². The third kappa shape index (κ3) is 3.56. The van der Waals surface area contributed by atoms with E-state index in [9.17, 15) is 22.8 Å². The van der Waals surface area contributed by atoms with Gasteiger partial charge in [0.2, 0.25) is 5.91 Å². The van der Waals surface area contributed by atoms with Crippen LogP contribution in [0.5, 0.6) is 0 Å². The molecule has 0 saturated carbocycles. The summed E-state index contributed by atoms with van der Waals surface area (Å²) in [5, 5.41) is 2.61. The number of piperazine rings is 1. The minimum Gasteiger partial charge on any atom is -0.376 e. The highest BCUT2D eigenvalue weighted by molar-refractivity contribution is 5.93. The molecule has 2 saturated heterocycles. The van der Waals surface area contributed by atoms with Crippen LogP contribution in [0.25, 0.3) is 0 Å². The van der Waals surface area contributed by atoms with Gasteiger partial charge in [0.1, 0.15) is 0 Å². The molecule has 9 heteroatoms. The number of urea groups is 1. The normalized spacial score (nSPS) is 20.2. The molecule has 0 aromatic heterocycles. The first kappa shape index (κ1) is 18.3. The molecule has 3 rings (SSSR count). The van der Waals surface area contributed by atoms with E-state index < -0.39 is 17.8 Å². The third-order valence-electron chi connectivity index (χ3n) is 4.83. The predicted molar refractivity (Wildman–Crippen MR) is 91.1 cm³/mol. The lowest BCUT2D eigenvalue weighted by molar-refractivity contribution is -0.137.